The lowest BCUT2D eigenvalue weighted by Crippen LogP contribution is -2.10. The summed E-state index contributed by atoms with van der Waals surface area (Å²) < 4.78 is 38.0. The first kappa shape index (κ1) is 11.0. The largest absolute Gasteiger partial charge is 0.534 e. The van der Waals surface area contributed by atoms with Crippen LogP contribution in [0.1, 0.15) is 11.6 Å². The van der Waals surface area contributed by atoms with Gasteiger partial charge in [0.15, 0.2) is 5.04 Å². The molecule has 0 aliphatic carbocycles. The van der Waals surface area contributed by atoms with Gasteiger partial charge in [-0.1, -0.05) is 0 Å². The van der Waals surface area contributed by atoms with E-state index >= 15 is 0 Å². The summed E-state index contributed by atoms with van der Waals surface area (Å²) >= 11 is -0.137. The van der Waals surface area contributed by atoms with Crippen molar-refractivity contribution in [1.82, 2.24) is 15.2 Å². The maximum absolute atomic E-state index is 11.5. The first-order chi connectivity index (χ1) is 6.38. The molecule has 1 rings (SSSR count). The summed E-state index contributed by atoms with van der Waals surface area (Å²) in [6, 6.07) is 0. The first-order valence-corrected chi connectivity index (χ1v) is 4.03. The molecule has 0 saturated heterocycles. The summed E-state index contributed by atoms with van der Waals surface area (Å²) in [7, 11) is 0. The van der Waals surface area contributed by atoms with Crippen LogP contribution in [0.5, 0.6) is 0 Å². The third-order valence-corrected chi connectivity index (χ3v) is 1.64. The number of aromatic amines is 1. The molecule has 0 saturated carbocycles. The van der Waals surface area contributed by atoms with E-state index in [0.717, 1.165) is 0 Å². The van der Waals surface area contributed by atoms with Crippen molar-refractivity contribution in [2.24, 2.45) is 0 Å². The van der Waals surface area contributed by atoms with Gasteiger partial charge in [-0.2, -0.15) is 5.10 Å². The molecule has 0 amide bonds. The van der Waals surface area contributed by atoms with Crippen LogP contribution in [0.3, 0.4) is 0 Å². The average molecular weight is 226 g/mol. The standard InChI is InChI=1S/C5H5F3N4OS/c1-2-10-4(12-11-2)3(9)14-13-5(6,7)8/h9H,1H3,(H,10,11,12). The number of rotatable bonds is 2. The van der Waals surface area contributed by atoms with E-state index in [9.17, 15) is 13.2 Å². The van der Waals surface area contributed by atoms with Crippen LogP contribution in [-0.2, 0) is 4.18 Å². The topological polar surface area (TPSA) is 74.7 Å². The van der Waals surface area contributed by atoms with Gasteiger partial charge in [-0.3, -0.25) is 10.5 Å². The molecule has 0 aliphatic heterocycles. The number of alkyl halides is 3. The van der Waals surface area contributed by atoms with E-state index in [4.69, 9.17) is 5.41 Å². The Kier molecular flexibility index (Phi) is 3.11. The molecule has 0 aliphatic rings. The summed E-state index contributed by atoms with van der Waals surface area (Å²) in [6.45, 7) is 1.57. The normalized spacial score (nSPS) is 11.7. The average Bonchev–Trinajstić information content (AvgIpc) is 2.46. The lowest BCUT2D eigenvalue weighted by molar-refractivity contribution is -0.266. The Morgan fingerprint density at radius 2 is 2.21 bits per heavy atom. The molecule has 14 heavy (non-hydrogen) atoms. The lowest BCUT2D eigenvalue weighted by atomic mass is 10.6. The highest BCUT2D eigenvalue weighted by Gasteiger charge is 2.31. The van der Waals surface area contributed by atoms with Gasteiger partial charge >= 0.3 is 6.36 Å². The first-order valence-electron chi connectivity index (χ1n) is 3.29. The summed E-state index contributed by atoms with van der Waals surface area (Å²) in [4.78, 5) is 3.65. The van der Waals surface area contributed by atoms with Gasteiger partial charge in [0.25, 0.3) is 0 Å². The van der Waals surface area contributed by atoms with Crippen molar-refractivity contribution in [1.29, 1.82) is 5.41 Å². The Labute approximate surface area is 80.8 Å². The van der Waals surface area contributed by atoms with Crippen molar-refractivity contribution in [3.05, 3.63) is 11.6 Å². The second-order valence-electron chi connectivity index (χ2n) is 2.19. The number of H-pyrrole nitrogens is 1. The van der Waals surface area contributed by atoms with Crippen molar-refractivity contribution in [3.63, 3.8) is 0 Å². The van der Waals surface area contributed by atoms with Gasteiger partial charge in [-0.05, 0) is 6.92 Å². The zero-order valence-corrected chi connectivity index (χ0v) is 7.66. The van der Waals surface area contributed by atoms with Crippen molar-refractivity contribution in [2.75, 3.05) is 0 Å². The molecule has 0 spiro atoms. The molecular weight excluding hydrogens is 221 g/mol. The smallest absolute Gasteiger partial charge is 0.289 e. The van der Waals surface area contributed by atoms with Crippen LogP contribution in [0.15, 0.2) is 0 Å². The van der Waals surface area contributed by atoms with E-state index < -0.39 is 11.4 Å². The van der Waals surface area contributed by atoms with Crippen molar-refractivity contribution in [3.8, 4) is 0 Å². The Morgan fingerprint density at radius 3 is 2.64 bits per heavy atom. The van der Waals surface area contributed by atoms with Crippen LogP contribution in [0.4, 0.5) is 13.2 Å². The maximum Gasteiger partial charge on any atom is 0.534 e. The third kappa shape index (κ3) is 3.34. The van der Waals surface area contributed by atoms with Crippen LogP contribution in [0.2, 0.25) is 0 Å². The minimum absolute atomic E-state index is 0.128. The molecule has 78 valence electrons. The number of halogens is 3. The Hall–Kier alpha value is -1.09. The lowest BCUT2D eigenvalue weighted by Gasteiger charge is -2.03. The van der Waals surface area contributed by atoms with E-state index in [1.165, 1.54) is 0 Å². The molecule has 1 heterocycles. The summed E-state index contributed by atoms with van der Waals surface area (Å²) in [5.41, 5.74) is 0. The highest BCUT2D eigenvalue weighted by molar-refractivity contribution is 8.10. The monoisotopic (exact) mass is 226 g/mol. The van der Waals surface area contributed by atoms with Gasteiger partial charge in [0.2, 0.25) is 5.82 Å². The highest BCUT2D eigenvalue weighted by Crippen LogP contribution is 2.24. The van der Waals surface area contributed by atoms with Gasteiger partial charge in [0.1, 0.15) is 5.82 Å². The zero-order chi connectivity index (χ0) is 10.8. The minimum Gasteiger partial charge on any atom is -0.289 e. The molecule has 1 aromatic rings. The van der Waals surface area contributed by atoms with Gasteiger partial charge in [-0.25, -0.2) is 9.17 Å². The molecule has 1 aromatic heterocycles. The Balaban J connectivity index is 2.52. The predicted octanol–water partition coefficient (Wildman–Crippen LogP) is 1.62. The van der Waals surface area contributed by atoms with Crippen molar-refractivity contribution in [2.45, 2.75) is 13.3 Å². The van der Waals surface area contributed by atoms with Gasteiger partial charge in [-0.15, -0.1) is 13.2 Å². The van der Waals surface area contributed by atoms with Crippen LogP contribution >= 0.6 is 12.0 Å². The van der Waals surface area contributed by atoms with E-state index in [1.807, 2.05) is 0 Å². The van der Waals surface area contributed by atoms with E-state index in [-0.39, 0.29) is 17.9 Å². The third-order valence-electron chi connectivity index (χ3n) is 1.02. The second kappa shape index (κ2) is 3.96. The molecule has 0 atom stereocenters. The van der Waals surface area contributed by atoms with Crippen molar-refractivity contribution >= 4 is 17.1 Å². The Morgan fingerprint density at radius 1 is 1.57 bits per heavy atom. The summed E-state index contributed by atoms with van der Waals surface area (Å²) in [6.07, 6.45) is -4.78. The molecule has 0 bridgehead atoms. The van der Waals surface area contributed by atoms with E-state index in [1.54, 1.807) is 6.92 Å². The van der Waals surface area contributed by atoms with Gasteiger partial charge in [0, 0.05) is 0 Å². The fourth-order valence-electron chi connectivity index (χ4n) is 0.570. The second-order valence-corrected chi connectivity index (χ2v) is 2.93. The van der Waals surface area contributed by atoms with Crippen molar-refractivity contribution < 1.29 is 17.4 Å². The number of nitrogens with one attached hydrogen (secondary N) is 2. The molecule has 0 fully saturated rings. The molecule has 9 heteroatoms. The van der Waals surface area contributed by atoms with E-state index in [2.05, 4.69) is 19.4 Å². The molecule has 0 radical (unpaired) electrons. The summed E-state index contributed by atoms with van der Waals surface area (Å²) in [5, 5.41) is 12.5. The number of hydrogen-bond donors (Lipinski definition) is 2. The van der Waals surface area contributed by atoms with Gasteiger partial charge < -0.3 is 0 Å². The molecule has 0 unspecified atom stereocenters. The van der Waals surface area contributed by atoms with Crippen LogP contribution < -0.4 is 0 Å². The number of hydrogen-bond acceptors (Lipinski definition) is 5. The van der Waals surface area contributed by atoms with E-state index in [0.29, 0.717) is 5.82 Å². The molecule has 2 N–H and O–H groups in total. The summed E-state index contributed by atoms with van der Waals surface area (Å²) in [5.74, 6) is 0.286. The van der Waals surface area contributed by atoms with Crippen LogP contribution in [0.25, 0.3) is 0 Å². The quantitative estimate of drug-likeness (QED) is 0.456. The Bertz CT molecular complexity index is 336. The SMILES string of the molecule is Cc1nc(C(=N)SOC(F)(F)F)n[nH]1. The minimum atomic E-state index is -4.78. The van der Waals surface area contributed by atoms with Crippen LogP contribution in [0, 0.1) is 12.3 Å². The maximum atomic E-state index is 11.5. The van der Waals surface area contributed by atoms with Crippen LogP contribution in [-0.4, -0.2) is 26.6 Å². The highest BCUT2D eigenvalue weighted by atomic mass is 32.2. The molecular formula is C5H5F3N4OS. The fraction of sp³-hybridized carbons (Fsp3) is 0.400. The zero-order valence-electron chi connectivity index (χ0n) is 6.84. The number of aromatic nitrogens is 3. The van der Waals surface area contributed by atoms with Gasteiger partial charge in [0.05, 0.1) is 12.0 Å². The molecule has 0 aromatic carbocycles. The fourth-order valence-corrected chi connectivity index (χ4v) is 0.914. The number of aryl methyl sites for hydroxylation is 1. The predicted molar refractivity (Wildman–Crippen MR) is 42.7 cm³/mol. The number of nitrogens with zero attached hydrogens (tertiary/aromatic N) is 2. The molecule has 5 nitrogen and oxygen atoms in total.